The number of ether oxygens (including phenoxy) is 2. The van der Waals surface area contributed by atoms with Crippen LogP contribution < -0.4 is 14.8 Å². The van der Waals surface area contributed by atoms with E-state index in [0.717, 1.165) is 31.5 Å². The molecule has 1 aliphatic heterocycles. The van der Waals surface area contributed by atoms with Crippen molar-refractivity contribution in [3.8, 4) is 17.2 Å². The number of rotatable bonds is 7. The summed E-state index contributed by atoms with van der Waals surface area (Å²) >= 11 is 6.69. The molecular weight excluding hydrogens is 549 g/mol. The highest BCUT2D eigenvalue weighted by molar-refractivity contribution is 6.36. The summed E-state index contributed by atoms with van der Waals surface area (Å²) < 4.78 is 56.2. The normalized spacial score (nSPS) is 16.2. The molecule has 1 aromatic carbocycles. The SMILES string of the molecule is CN1CCC[C@@H]1COc1cc(Nc2nc3ncc(Oc4cnn5ccncc45)c(Cl)c3n2C)cc(C(F)(F)F)c1. The molecule has 4 aromatic heterocycles. The van der Waals surface area contributed by atoms with Crippen molar-refractivity contribution in [2.45, 2.75) is 25.1 Å². The second-order valence-electron chi connectivity index (χ2n) is 9.58. The van der Waals surface area contributed by atoms with Crippen LogP contribution in [0.3, 0.4) is 0 Å². The number of likely N-dealkylation sites (N-methyl/N-ethyl adjacent to an activating group) is 1. The first-order valence-electron chi connectivity index (χ1n) is 12.5. The number of nitrogens with one attached hydrogen (secondary N) is 1. The maximum atomic E-state index is 13.7. The molecule has 1 atom stereocenters. The van der Waals surface area contributed by atoms with Crippen LogP contribution in [0.1, 0.15) is 18.4 Å². The number of aryl methyl sites for hydroxylation is 1. The molecule has 1 fully saturated rings. The van der Waals surface area contributed by atoms with Gasteiger partial charge in [0.15, 0.2) is 17.1 Å². The lowest BCUT2D eigenvalue weighted by Crippen LogP contribution is -2.30. The number of pyridine rings is 1. The van der Waals surface area contributed by atoms with Gasteiger partial charge in [-0.05, 0) is 38.6 Å². The molecule has 0 saturated carbocycles. The van der Waals surface area contributed by atoms with Crippen molar-refractivity contribution >= 4 is 39.9 Å². The zero-order valence-electron chi connectivity index (χ0n) is 21.5. The number of anilines is 2. The Bertz CT molecular complexity index is 1700. The van der Waals surface area contributed by atoms with Crippen LogP contribution >= 0.6 is 11.6 Å². The van der Waals surface area contributed by atoms with E-state index in [-0.39, 0.29) is 39.8 Å². The highest BCUT2D eigenvalue weighted by Crippen LogP contribution is 2.38. The van der Waals surface area contributed by atoms with E-state index in [9.17, 15) is 13.2 Å². The fraction of sp³-hybridized carbons (Fsp3) is 0.308. The molecule has 14 heteroatoms. The maximum Gasteiger partial charge on any atom is 0.416 e. The molecule has 0 unspecified atom stereocenters. The summed E-state index contributed by atoms with van der Waals surface area (Å²) in [7, 11) is 3.66. The molecule has 1 aliphatic rings. The van der Waals surface area contributed by atoms with Crippen molar-refractivity contribution in [2.24, 2.45) is 7.05 Å². The van der Waals surface area contributed by atoms with E-state index in [4.69, 9.17) is 21.1 Å². The number of alkyl halides is 3. The van der Waals surface area contributed by atoms with Crippen LogP contribution in [-0.2, 0) is 13.2 Å². The Kier molecular flexibility index (Phi) is 6.62. The number of fused-ring (bicyclic) bond motifs is 2. The van der Waals surface area contributed by atoms with E-state index in [0.29, 0.717) is 23.4 Å². The zero-order valence-corrected chi connectivity index (χ0v) is 22.2. The first kappa shape index (κ1) is 26.1. The molecule has 0 spiro atoms. The van der Waals surface area contributed by atoms with Crippen molar-refractivity contribution in [3.05, 3.63) is 59.8 Å². The van der Waals surface area contributed by atoms with E-state index in [1.54, 1.807) is 34.7 Å². The smallest absolute Gasteiger partial charge is 0.416 e. The van der Waals surface area contributed by atoms with Crippen LogP contribution in [0.2, 0.25) is 5.02 Å². The number of aromatic nitrogens is 6. The predicted octanol–water partition coefficient (Wildman–Crippen LogP) is 5.69. The van der Waals surface area contributed by atoms with E-state index >= 15 is 0 Å². The second kappa shape index (κ2) is 10.1. The van der Waals surface area contributed by atoms with Gasteiger partial charge in [0.2, 0.25) is 5.95 Å². The molecule has 0 aliphatic carbocycles. The van der Waals surface area contributed by atoms with Crippen molar-refractivity contribution < 1.29 is 22.6 Å². The summed E-state index contributed by atoms with van der Waals surface area (Å²) in [6.45, 7) is 1.24. The standard InChI is InChI=1S/C26H24ClF3N8O2/c1-36-6-3-4-17(36)14-39-18-9-15(26(28,29)30)8-16(10-18)34-25-35-24-23(37(25)2)22(27)21(12-32-24)40-20-13-33-38-7-5-31-11-19(20)38/h5,7-13,17H,3-4,6,14H2,1-2H3,(H,32,34,35)/t17-/m1/s1. The minimum Gasteiger partial charge on any atom is -0.492 e. The molecule has 40 heavy (non-hydrogen) atoms. The number of likely N-dealkylation sites (tertiary alicyclic amines) is 1. The first-order chi connectivity index (χ1) is 19.2. The highest BCUT2D eigenvalue weighted by Gasteiger charge is 2.32. The Balaban J connectivity index is 1.29. The van der Waals surface area contributed by atoms with Gasteiger partial charge in [0.1, 0.15) is 28.4 Å². The lowest BCUT2D eigenvalue weighted by atomic mass is 10.1. The third-order valence-corrected chi connectivity index (χ3v) is 7.28. The van der Waals surface area contributed by atoms with Crippen LogP contribution in [0, 0.1) is 0 Å². The second-order valence-corrected chi connectivity index (χ2v) is 9.95. The topological polar surface area (TPSA) is 94.6 Å². The molecule has 1 N–H and O–H groups in total. The van der Waals surface area contributed by atoms with Crippen LogP contribution in [0.15, 0.2) is 49.2 Å². The third kappa shape index (κ3) is 4.97. The Morgan fingerprint density at radius 3 is 2.75 bits per heavy atom. The first-order valence-corrected chi connectivity index (χ1v) is 12.8. The summed E-state index contributed by atoms with van der Waals surface area (Å²) in [6.07, 6.45) is 5.26. The van der Waals surface area contributed by atoms with Gasteiger partial charge in [-0.15, -0.1) is 0 Å². The van der Waals surface area contributed by atoms with E-state index in [2.05, 4.69) is 30.3 Å². The minimum atomic E-state index is -4.56. The van der Waals surface area contributed by atoms with Gasteiger partial charge in [-0.2, -0.15) is 23.3 Å². The van der Waals surface area contributed by atoms with Gasteiger partial charge in [0.25, 0.3) is 0 Å². The monoisotopic (exact) mass is 572 g/mol. The van der Waals surface area contributed by atoms with Crippen molar-refractivity contribution in [3.63, 3.8) is 0 Å². The molecule has 6 rings (SSSR count). The van der Waals surface area contributed by atoms with Crippen LogP contribution in [0.5, 0.6) is 17.2 Å². The molecule has 1 saturated heterocycles. The Labute approximate surface area is 231 Å². The molecule has 0 amide bonds. The molecule has 10 nitrogen and oxygen atoms in total. The quantitative estimate of drug-likeness (QED) is 0.266. The van der Waals surface area contributed by atoms with Gasteiger partial charge in [0.05, 0.1) is 24.2 Å². The predicted molar refractivity (Wildman–Crippen MR) is 142 cm³/mol. The molecular formula is C26H24ClF3N8O2. The maximum absolute atomic E-state index is 13.7. The third-order valence-electron chi connectivity index (χ3n) is 6.92. The van der Waals surface area contributed by atoms with Crippen LogP contribution in [0.4, 0.5) is 24.8 Å². The minimum absolute atomic E-state index is 0.117. The summed E-state index contributed by atoms with van der Waals surface area (Å²) in [5.74, 6) is 1.04. The van der Waals surface area contributed by atoms with Crippen LogP contribution in [0.25, 0.3) is 16.7 Å². The van der Waals surface area contributed by atoms with Crippen molar-refractivity contribution in [1.82, 2.24) is 34.0 Å². The van der Waals surface area contributed by atoms with Gasteiger partial charge in [-0.3, -0.25) is 4.98 Å². The summed E-state index contributed by atoms with van der Waals surface area (Å²) in [5.41, 5.74) is 0.684. The summed E-state index contributed by atoms with van der Waals surface area (Å²) in [4.78, 5) is 15.0. The average Bonchev–Trinajstić information content (AvgIpc) is 3.61. The molecule has 208 valence electrons. The Morgan fingerprint density at radius 1 is 1.12 bits per heavy atom. The van der Waals surface area contributed by atoms with Gasteiger partial charge in [-0.1, -0.05) is 11.6 Å². The lowest BCUT2D eigenvalue weighted by molar-refractivity contribution is -0.137. The number of hydrogen-bond acceptors (Lipinski definition) is 8. The van der Waals surface area contributed by atoms with E-state index in [1.807, 2.05) is 7.05 Å². The van der Waals surface area contributed by atoms with Crippen molar-refractivity contribution in [2.75, 3.05) is 25.5 Å². The van der Waals surface area contributed by atoms with Gasteiger partial charge in [0, 0.05) is 37.2 Å². The van der Waals surface area contributed by atoms with Gasteiger partial charge < -0.3 is 24.3 Å². The number of nitrogens with zero attached hydrogens (tertiary/aromatic N) is 7. The van der Waals surface area contributed by atoms with Gasteiger partial charge >= 0.3 is 6.18 Å². The Hall–Kier alpha value is -4.10. The van der Waals surface area contributed by atoms with Crippen molar-refractivity contribution in [1.29, 1.82) is 0 Å². The van der Waals surface area contributed by atoms with E-state index < -0.39 is 11.7 Å². The number of benzene rings is 1. The Morgan fingerprint density at radius 2 is 1.98 bits per heavy atom. The fourth-order valence-corrected chi connectivity index (χ4v) is 5.03. The zero-order chi connectivity index (χ0) is 28.0. The largest absolute Gasteiger partial charge is 0.492 e. The lowest BCUT2D eigenvalue weighted by Gasteiger charge is -2.20. The fourth-order valence-electron chi connectivity index (χ4n) is 4.74. The molecule has 0 radical (unpaired) electrons. The molecule has 5 aromatic rings. The molecule has 5 heterocycles. The number of halogens is 4. The number of hydrogen-bond donors (Lipinski definition) is 1. The average molecular weight is 573 g/mol. The van der Waals surface area contributed by atoms with E-state index in [1.165, 1.54) is 18.5 Å². The highest BCUT2D eigenvalue weighted by atomic mass is 35.5. The van der Waals surface area contributed by atoms with Gasteiger partial charge in [-0.25, -0.2) is 9.50 Å². The molecule has 0 bridgehead atoms. The summed E-state index contributed by atoms with van der Waals surface area (Å²) in [6, 6.07) is 3.70. The van der Waals surface area contributed by atoms with Crippen LogP contribution in [-0.4, -0.2) is 60.3 Å². The summed E-state index contributed by atoms with van der Waals surface area (Å²) in [5, 5.41) is 7.41. The number of imidazole rings is 1.